The molecule has 0 aliphatic carbocycles. The SMILES string of the molecule is CC1(C)CC(c2cccc(NS(=O)(=O)c3ccc(F)cc3)c2)Nc2ccc(Cl)cc21. The van der Waals surface area contributed by atoms with Gasteiger partial charge in [-0.05, 0) is 77.6 Å². The fraction of sp³-hybridized carbons (Fsp3) is 0.217. The Bertz CT molecular complexity index is 1190. The highest BCUT2D eigenvalue weighted by Gasteiger charge is 2.33. The van der Waals surface area contributed by atoms with E-state index < -0.39 is 15.8 Å². The molecule has 0 fully saturated rings. The minimum absolute atomic E-state index is 0.0111. The maximum absolute atomic E-state index is 13.1. The van der Waals surface area contributed by atoms with Crippen LogP contribution in [0.15, 0.2) is 71.6 Å². The Labute approximate surface area is 181 Å². The van der Waals surface area contributed by atoms with Crippen molar-refractivity contribution < 1.29 is 12.8 Å². The number of anilines is 2. The summed E-state index contributed by atoms with van der Waals surface area (Å²) < 4.78 is 41.0. The summed E-state index contributed by atoms with van der Waals surface area (Å²) in [5.74, 6) is -0.483. The number of fused-ring (bicyclic) bond motifs is 1. The zero-order chi connectivity index (χ0) is 21.5. The molecule has 7 heteroatoms. The Balaban J connectivity index is 1.61. The second kappa shape index (κ2) is 7.60. The van der Waals surface area contributed by atoms with Gasteiger partial charge in [-0.1, -0.05) is 37.6 Å². The highest BCUT2D eigenvalue weighted by atomic mass is 35.5. The van der Waals surface area contributed by atoms with Crippen LogP contribution < -0.4 is 10.0 Å². The number of hydrogen-bond donors (Lipinski definition) is 2. The van der Waals surface area contributed by atoms with E-state index in [9.17, 15) is 12.8 Å². The van der Waals surface area contributed by atoms with Crippen LogP contribution in [-0.2, 0) is 15.4 Å². The van der Waals surface area contributed by atoms with Crippen LogP contribution in [0.1, 0.15) is 37.4 Å². The molecular weight excluding hydrogens is 423 g/mol. The van der Waals surface area contributed by atoms with Crippen molar-refractivity contribution in [2.75, 3.05) is 10.0 Å². The molecule has 4 nitrogen and oxygen atoms in total. The molecule has 0 bridgehead atoms. The molecule has 1 atom stereocenters. The molecule has 30 heavy (non-hydrogen) atoms. The summed E-state index contributed by atoms with van der Waals surface area (Å²) in [4.78, 5) is 0.0111. The highest BCUT2D eigenvalue weighted by Crippen LogP contribution is 2.45. The fourth-order valence-electron chi connectivity index (χ4n) is 3.91. The molecule has 3 aromatic carbocycles. The molecule has 1 aliphatic rings. The van der Waals surface area contributed by atoms with Gasteiger partial charge in [0.15, 0.2) is 0 Å². The standard InChI is InChI=1S/C23H22ClFN2O2S/c1-23(2)14-22(26-21-11-6-16(24)13-20(21)23)15-4-3-5-18(12-15)27-30(28,29)19-9-7-17(25)8-10-19/h3-13,22,26-27H,14H2,1-2H3. The monoisotopic (exact) mass is 444 g/mol. The van der Waals surface area contributed by atoms with Crippen LogP contribution in [0, 0.1) is 5.82 Å². The largest absolute Gasteiger partial charge is 0.378 e. The third-order valence-corrected chi connectivity index (χ3v) is 7.05. The molecule has 3 aromatic rings. The molecule has 1 aliphatic heterocycles. The highest BCUT2D eigenvalue weighted by molar-refractivity contribution is 7.92. The second-order valence-electron chi connectivity index (χ2n) is 8.16. The summed E-state index contributed by atoms with van der Waals surface area (Å²) in [6, 6.07) is 17.9. The van der Waals surface area contributed by atoms with Gasteiger partial charge in [0, 0.05) is 16.4 Å². The van der Waals surface area contributed by atoms with Crippen LogP contribution in [0.4, 0.5) is 15.8 Å². The van der Waals surface area contributed by atoms with Gasteiger partial charge in [0.05, 0.1) is 10.9 Å². The van der Waals surface area contributed by atoms with Crippen LogP contribution >= 0.6 is 11.6 Å². The molecule has 1 unspecified atom stereocenters. The zero-order valence-corrected chi connectivity index (χ0v) is 18.2. The smallest absolute Gasteiger partial charge is 0.261 e. The first-order chi connectivity index (χ1) is 14.1. The fourth-order valence-corrected chi connectivity index (χ4v) is 5.13. The molecule has 0 amide bonds. The van der Waals surface area contributed by atoms with Crippen LogP contribution in [0.2, 0.25) is 5.02 Å². The predicted octanol–water partition coefficient (Wildman–Crippen LogP) is 6.11. The van der Waals surface area contributed by atoms with Crippen molar-refractivity contribution >= 4 is 33.0 Å². The van der Waals surface area contributed by atoms with E-state index >= 15 is 0 Å². The molecule has 1 heterocycles. The summed E-state index contributed by atoms with van der Waals surface area (Å²) >= 11 is 6.19. The lowest BCUT2D eigenvalue weighted by Gasteiger charge is -2.39. The summed E-state index contributed by atoms with van der Waals surface area (Å²) in [5.41, 5.74) is 3.53. The Morgan fingerprint density at radius 2 is 1.80 bits per heavy atom. The van der Waals surface area contributed by atoms with Gasteiger partial charge in [0.1, 0.15) is 5.82 Å². The first-order valence-corrected chi connectivity index (χ1v) is 11.5. The summed E-state index contributed by atoms with van der Waals surface area (Å²) in [5, 5.41) is 4.25. The van der Waals surface area contributed by atoms with E-state index in [1.165, 1.54) is 17.7 Å². The number of halogens is 2. The molecule has 2 N–H and O–H groups in total. The van der Waals surface area contributed by atoms with Crippen molar-refractivity contribution in [2.24, 2.45) is 0 Å². The average molecular weight is 445 g/mol. The summed E-state index contributed by atoms with van der Waals surface area (Å²) in [6.07, 6.45) is 0.828. The minimum atomic E-state index is -3.81. The lowest BCUT2D eigenvalue weighted by molar-refractivity contribution is 0.427. The molecule has 156 valence electrons. The van der Waals surface area contributed by atoms with Gasteiger partial charge < -0.3 is 5.32 Å². The molecule has 0 spiro atoms. The van der Waals surface area contributed by atoms with E-state index in [-0.39, 0.29) is 16.4 Å². The van der Waals surface area contributed by atoms with Gasteiger partial charge in [0.2, 0.25) is 0 Å². The molecule has 0 aromatic heterocycles. The average Bonchev–Trinajstić information content (AvgIpc) is 2.68. The Hall–Kier alpha value is -2.57. The second-order valence-corrected chi connectivity index (χ2v) is 10.3. The third-order valence-electron chi connectivity index (χ3n) is 5.42. The van der Waals surface area contributed by atoms with Crippen molar-refractivity contribution in [3.05, 3.63) is 88.7 Å². The van der Waals surface area contributed by atoms with Gasteiger partial charge >= 0.3 is 0 Å². The normalized spacial score (nSPS) is 17.7. The number of rotatable bonds is 4. The third kappa shape index (κ3) is 4.16. The quantitative estimate of drug-likeness (QED) is 0.510. The minimum Gasteiger partial charge on any atom is -0.378 e. The van der Waals surface area contributed by atoms with Crippen molar-refractivity contribution in [2.45, 2.75) is 36.6 Å². The molecule has 0 saturated carbocycles. The Morgan fingerprint density at radius 1 is 1.07 bits per heavy atom. The van der Waals surface area contributed by atoms with Crippen molar-refractivity contribution in [1.29, 1.82) is 0 Å². The van der Waals surface area contributed by atoms with Crippen LogP contribution in [0.3, 0.4) is 0 Å². The first-order valence-electron chi connectivity index (χ1n) is 9.59. The lowest BCUT2D eigenvalue weighted by Crippen LogP contribution is -2.31. The van der Waals surface area contributed by atoms with Gasteiger partial charge in [-0.2, -0.15) is 0 Å². The lowest BCUT2D eigenvalue weighted by atomic mass is 9.74. The van der Waals surface area contributed by atoms with Gasteiger partial charge in [-0.25, -0.2) is 12.8 Å². The number of benzene rings is 3. The Morgan fingerprint density at radius 3 is 2.53 bits per heavy atom. The maximum atomic E-state index is 13.1. The van der Waals surface area contributed by atoms with Gasteiger partial charge in [0.25, 0.3) is 10.0 Å². The first kappa shape index (κ1) is 20.7. The van der Waals surface area contributed by atoms with Crippen molar-refractivity contribution in [3.63, 3.8) is 0 Å². The van der Waals surface area contributed by atoms with Crippen molar-refractivity contribution in [3.8, 4) is 0 Å². The maximum Gasteiger partial charge on any atom is 0.261 e. The number of sulfonamides is 1. The van der Waals surface area contributed by atoms with Gasteiger partial charge in [-0.3, -0.25) is 4.72 Å². The van der Waals surface area contributed by atoms with E-state index in [2.05, 4.69) is 23.9 Å². The predicted molar refractivity (Wildman–Crippen MR) is 119 cm³/mol. The Kier molecular flexibility index (Phi) is 5.24. The van der Waals surface area contributed by atoms with Crippen LogP contribution in [0.5, 0.6) is 0 Å². The molecule has 4 rings (SSSR count). The van der Waals surface area contributed by atoms with E-state index in [0.717, 1.165) is 29.8 Å². The van der Waals surface area contributed by atoms with E-state index in [4.69, 9.17) is 11.6 Å². The van der Waals surface area contributed by atoms with E-state index in [1.807, 2.05) is 36.4 Å². The zero-order valence-electron chi connectivity index (χ0n) is 16.6. The van der Waals surface area contributed by atoms with Gasteiger partial charge in [-0.15, -0.1) is 0 Å². The molecular formula is C23H22ClFN2O2S. The summed E-state index contributed by atoms with van der Waals surface area (Å²) in [6.45, 7) is 4.36. The number of nitrogens with one attached hydrogen (secondary N) is 2. The van der Waals surface area contributed by atoms with Crippen molar-refractivity contribution in [1.82, 2.24) is 0 Å². The van der Waals surface area contributed by atoms with Crippen LogP contribution in [-0.4, -0.2) is 8.42 Å². The van der Waals surface area contributed by atoms with E-state index in [0.29, 0.717) is 10.7 Å². The number of hydrogen-bond acceptors (Lipinski definition) is 3. The summed E-state index contributed by atoms with van der Waals surface area (Å²) in [7, 11) is -3.81. The molecule has 0 saturated heterocycles. The molecule has 0 radical (unpaired) electrons. The van der Waals surface area contributed by atoms with E-state index in [1.54, 1.807) is 6.07 Å². The topological polar surface area (TPSA) is 58.2 Å². The van der Waals surface area contributed by atoms with Crippen LogP contribution in [0.25, 0.3) is 0 Å².